The highest BCUT2D eigenvalue weighted by Crippen LogP contribution is 2.35. The maximum Gasteiger partial charge on any atom is 0.232 e. The second kappa shape index (κ2) is 6.53. The number of benzene rings is 2. The van der Waals surface area contributed by atoms with Gasteiger partial charge >= 0.3 is 0 Å². The Balaban J connectivity index is 1.60. The maximum atomic E-state index is 14.2. The van der Waals surface area contributed by atoms with Gasteiger partial charge in [0.05, 0.1) is 16.6 Å². The van der Waals surface area contributed by atoms with Gasteiger partial charge in [-0.3, -0.25) is 4.79 Å². The normalized spacial score (nSPS) is 17.1. The SMILES string of the molecule is Cc1ccccc1-c1noc(C2CC(=O)N(c3cccc(Cl)c3F)C2)n1. The highest BCUT2D eigenvalue weighted by molar-refractivity contribution is 6.31. The Hall–Kier alpha value is -2.73. The topological polar surface area (TPSA) is 59.2 Å². The van der Waals surface area contributed by atoms with Crippen molar-refractivity contribution >= 4 is 23.2 Å². The summed E-state index contributed by atoms with van der Waals surface area (Å²) in [6.07, 6.45) is 0.182. The molecule has 26 heavy (non-hydrogen) atoms. The minimum Gasteiger partial charge on any atom is -0.339 e. The molecule has 0 spiro atoms. The third kappa shape index (κ3) is 2.86. The summed E-state index contributed by atoms with van der Waals surface area (Å²) >= 11 is 5.83. The molecule has 3 aromatic rings. The van der Waals surface area contributed by atoms with Crippen LogP contribution < -0.4 is 4.90 Å². The van der Waals surface area contributed by atoms with E-state index in [9.17, 15) is 9.18 Å². The fraction of sp³-hybridized carbons (Fsp3) is 0.211. The van der Waals surface area contributed by atoms with Gasteiger partial charge in [0.25, 0.3) is 0 Å². The Morgan fingerprint density at radius 2 is 2.04 bits per heavy atom. The van der Waals surface area contributed by atoms with Crippen LogP contribution in [-0.4, -0.2) is 22.6 Å². The van der Waals surface area contributed by atoms with Crippen LogP contribution in [0.25, 0.3) is 11.4 Å². The standard InChI is InChI=1S/C19H15ClFN3O2/c1-11-5-2-3-6-13(11)18-22-19(26-23-18)12-9-16(25)24(10-12)15-8-4-7-14(20)17(15)21/h2-8,12H,9-10H2,1H3. The zero-order chi connectivity index (χ0) is 18.3. The van der Waals surface area contributed by atoms with Crippen molar-refractivity contribution in [2.24, 2.45) is 0 Å². The monoisotopic (exact) mass is 371 g/mol. The smallest absolute Gasteiger partial charge is 0.232 e. The molecule has 0 aliphatic carbocycles. The first kappa shape index (κ1) is 16.7. The van der Waals surface area contributed by atoms with Crippen LogP contribution in [0, 0.1) is 12.7 Å². The van der Waals surface area contributed by atoms with Crippen molar-refractivity contribution in [2.45, 2.75) is 19.3 Å². The second-order valence-electron chi connectivity index (χ2n) is 6.25. The molecule has 1 saturated heterocycles. The lowest BCUT2D eigenvalue weighted by Gasteiger charge is -2.17. The van der Waals surface area contributed by atoms with Crippen molar-refractivity contribution in [2.75, 3.05) is 11.4 Å². The van der Waals surface area contributed by atoms with Crippen molar-refractivity contribution in [3.05, 3.63) is 64.8 Å². The third-order valence-corrected chi connectivity index (χ3v) is 4.82. The van der Waals surface area contributed by atoms with Crippen LogP contribution in [0.3, 0.4) is 0 Å². The zero-order valence-electron chi connectivity index (χ0n) is 13.9. The number of hydrogen-bond acceptors (Lipinski definition) is 4. The van der Waals surface area contributed by atoms with Crippen LogP contribution in [0.2, 0.25) is 5.02 Å². The van der Waals surface area contributed by atoms with Gasteiger partial charge in [0.1, 0.15) is 0 Å². The number of halogens is 2. The second-order valence-corrected chi connectivity index (χ2v) is 6.66. The average Bonchev–Trinajstić information content (AvgIpc) is 3.25. The minimum absolute atomic E-state index is 0.0154. The Labute approximate surface area is 154 Å². The number of amides is 1. The molecule has 1 aromatic heterocycles. The van der Waals surface area contributed by atoms with Crippen molar-refractivity contribution in [1.29, 1.82) is 0 Å². The van der Waals surface area contributed by atoms with E-state index in [2.05, 4.69) is 10.1 Å². The maximum absolute atomic E-state index is 14.2. The molecule has 1 aliphatic rings. The van der Waals surface area contributed by atoms with E-state index in [1.165, 1.54) is 17.0 Å². The van der Waals surface area contributed by atoms with Crippen LogP contribution in [0.4, 0.5) is 10.1 Å². The van der Waals surface area contributed by atoms with Gasteiger partial charge in [-0.25, -0.2) is 4.39 Å². The number of carbonyl (C=O) groups is 1. The van der Waals surface area contributed by atoms with E-state index in [1.54, 1.807) is 6.07 Å². The van der Waals surface area contributed by atoms with Gasteiger partial charge in [-0.05, 0) is 24.6 Å². The molecule has 0 saturated carbocycles. The predicted molar refractivity (Wildman–Crippen MR) is 95.6 cm³/mol. The minimum atomic E-state index is -0.603. The fourth-order valence-electron chi connectivity index (χ4n) is 3.14. The number of anilines is 1. The molecule has 2 aromatic carbocycles. The van der Waals surface area contributed by atoms with E-state index in [0.29, 0.717) is 11.7 Å². The van der Waals surface area contributed by atoms with E-state index in [4.69, 9.17) is 16.1 Å². The van der Waals surface area contributed by atoms with E-state index in [1.807, 2.05) is 31.2 Å². The zero-order valence-corrected chi connectivity index (χ0v) is 14.7. The molecule has 1 atom stereocenters. The predicted octanol–water partition coefficient (Wildman–Crippen LogP) is 4.36. The lowest BCUT2D eigenvalue weighted by molar-refractivity contribution is -0.117. The van der Waals surface area contributed by atoms with Crippen LogP contribution in [0.1, 0.15) is 23.8 Å². The molecule has 0 N–H and O–H groups in total. The quantitative estimate of drug-likeness (QED) is 0.686. The summed E-state index contributed by atoms with van der Waals surface area (Å²) < 4.78 is 19.6. The molecule has 0 radical (unpaired) electrons. The van der Waals surface area contributed by atoms with Crippen molar-refractivity contribution < 1.29 is 13.7 Å². The van der Waals surface area contributed by atoms with E-state index in [-0.39, 0.29) is 35.5 Å². The van der Waals surface area contributed by atoms with Crippen molar-refractivity contribution in [1.82, 2.24) is 10.1 Å². The summed E-state index contributed by atoms with van der Waals surface area (Å²) in [7, 11) is 0. The Morgan fingerprint density at radius 3 is 2.85 bits per heavy atom. The summed E-state index contributed by atoms with van der Waals surface area (Å²) in [6, 6.07) is 12.3. The molecule has 1 amide bonds. The van der Waals surface area contributed by atoms with Crippen molar-refractivity contribution in [3.63, 3.8) is 0 Å². The first-order valence-electron chi connectivity index (χ1n) is 8.18. The van der Waals surface area contributed by atoms with E-state index >= 15 is 0 Å². The number of aryl methyl sites for hydroxylation is 1. The van der Waals surface area contributed by atoms with Crippen LogP contribution in [0.15, 0.2) is 47.0 Å². The number of hydrogen-bond donors (Lipinski definition) is 0. The molecule has 0 bridgehead atoms. The van der Waals surface area contributed by atoms with Gasteiger partial charge in [0, 0.05) is 18.5 Å². The number of aromatic nitrogens is 2. The molecule has 132 valence electrons. The molecule has 1 unspecified atom stereocenters. The highest BCUT2D eigenvalue weighted by atomic mass is 35.5. The Morgan fingerprint density at radius 1 is 1.23 bits per heavy atom. The van der Waals surface area contributed by atoms with E-state index in [0.717, 1.165) is 11.1 Å². The molecule has 7 heteroatoms. The van der Waals surface area contributed by atoms with Gasteiger partial charge in [-0.2, -0.15) is 4.98 Å². The Kier molecular flexibility index (Phi) is 4.20. The fourth-order valence-corrected chi connectivity index (χ4v) is 3.31. The molecule has 5 nitrogen and oxygen atoms in total. The average molecular weight is 372 g/mol. The Bertz CT molecular complexity index is 988. The lowest BCUT2D eigenvalue weighted by atomic mass is 10.1. The molecule has 1 aliphatic heterocycles. The summed E-state index contributed by atoms with van der Waals surface area (Å²) in [5, 5.41) is 4.02. The van der Waals surface area contributed by atoms with Gasteiger partial charge in [-0.1, -0.05) is 47.1 Å². The first-order valence-corrected chi connectivity index (χ1v) is 8.56. The first-order chi connectivity index (χ1) is 12.5. The summed E-state index contributed by atoms with van der Waals surface area (Å²) in [5.74, 6) is -0.230. The number of rotatable bonds is 3. The summed E-state index contributed by atoms with van der Waals surface area (Å²) in [6.45, 7) is 2.24. The molecular formula is C19H15ClFN3O2. The molecule has 2 heterocycles. The van der Waals surface area contributed by atoms with Crippen LogP contribution >= 0.6 is 11.6 Å². The lowest BCUT2D eigenvalue weighted by Crippen LogP contribution is -2.25. The van der Waals surface area contributed by atoms with E-state index < -0.39 is 5.82 Å². The largest absolute Gasteiger partial charge is 0.339 e. The van der Waals surface area contributed by atoms with Gasteiger partial charge < -0.3 is 9.42 Å². The van der Waals surface area contributed by atoms with Gasteiger partial charge in [-0.15, -0.1) is 0 Å². The van der Waals surface area contributed by atoms with Crippen molar-refractivity contribution in [3.8, 4) is 11.4 Å². The molecule has 1 fully saturated rings. The van der Waals surface area contributed by atoms with Gasteiger partial charge in [0.2, 0.25) is 17.6 Å². The molecular weight excluding hydrogens is 357 g/mol. The third-order valence-electron chi connectivity index (χ3n) is 4.52. The van der Waals surface area contributed by atoms with Crippen LogP contribution in [-0.2, 0) is 4.79 Å². The number of nitrogens with zero attached hydrogens (tertiary/aromatic N) is 3. The molecule has 4 rings (SSSR count). The van der Waals surface area contributed by atoms with Gasteiger partial charge in [0.15, 0.2) is 5.82 Å². The summed E-state index contributed by atoms with van der Waals surface area (Å²) in [5.41, 5.74) is 2.08. The highest BCUT2D eigenvalue weighted by Gasteiger charge is 2.36. The van der Waals surface area contributed by atoms with Crippen LogP contribution in [0.5, 0.6) is 0 Å². The number of carbonyl (C=O) groups excluding carboxylic acids is 1. The summed E-state index contributed by atoms with van der Waals surface area (Å²) in [4.78, 5) is 18.2.